The second kappa shape index (κ2) is 6.75. The van der Waals surface area contributed by atoms with Crippen molar-refractivity contribution in [2.75, 3.05) is 30.3 Å². The van der Waals surface area contributed by atoms with Gasteiger partial charge in [-0.1, -0.05) is 13.0 Å². The summed E-state index contributed by atoms with van der Waals surface area (Å²) in [6.07, 6.45) is 2.36. The summed E-state index contributed by atoms with van der Waals surface area (Å²) in [7, 11) is 0. The molecule has 4 nitrogen and oxygen atoms in total. The molecule has 1 aliphatic heterocycles. The fourth-order valence-corrected chi connectivity index (χ4v) is 2.67. The standard InChI is InChI=1S/C16H25N3O/c1-4-19-9-7-14(8-10-19)18-16-11-15(17-13(3)20)6-5-12(16)2/h5-6,11,14,18H,4,7-10H2,1-3H3,(H,17,20). The molecule has 1 amide bonds. The monoisotopic (exact) mass is 275 g/mol. The highest BCUT2D eigenvalue weighted by atomic mass is 16.1. The molecule has 0 bridgehead atoms. The molecule has 2 N–H and O–H groups in total. The van der Waals surface area contributed by atoms with Crippen LogP contribution in [0.5, 0.6) is 0 Å². The average molecular weight is 275 g/mol. The summed E-state index contributed by atoms with van der Waals surface area (Å²) >= 11 is 0. The van der Waals surface area contributed by atoms with Crippen LogP contribution in [-0.2, 0) is 4.79 Å². The van der Waals surface area contributed by atoms with E-state index in [1.165, 1.54) is 38.4 Å². The first-order valence-corrected chi connectivity index (χ1v) is 7.45. The zero-order chi connectivity index (χ0) is 14.5. The second-order valence-electron chi connectivity index (χ2n) is 5.56. The van der Waals surface area contributed by atoms with Gasteiger partial charge in [0, 0.05) is 37.4 Å². The summed E-state index contributed by atoms with van der Waals surface area (Å²) in [6.45, 7) is 9.32. The Kier molecular flexibility index (Phi) is 5.01. The smallest absolute Gasteiger partial charge is 0.221 e. The molecule has 1 heterocycles. The summed E-state index contributed by atoms with van der Waals surface area (Å²) in [5, 5.41) is 6.47. The van der Waals surface area contributed by atoms with Crippen LogP contribution in [0.3, 0.4) is 0 Å². The van der Waals surface area contributed by atoms with Gasteiger partial charge in [-0.3, -0.25) is 4.79 Å². The van der Waals surface area contributed by atoms with E-state index in [2.05, 4.69) is 35.4 Å². The van der Waals surface area contributed by atoms with Crippen LogP contribution in [0.1, 0.15) is 32.3 Å². The molecule has 0 radical (unpaired) electrons. The lowest BCUT2D eigenvalue weighted by Crippen LogP contribution is -2.38. The number of carbonyl (C=O) groups is 1. The number of anilines is 2. The molecule has 110 valence electrons. The third-order valence-corrected chi connectivity index (χ3v) is 3.95. The van der Waals surface area contributed by atoms with Crippen LogP contribution in [-0.4, -0.2) is 36.5 Å². The largest absolute Gasteiger partial charge is 0.382 e. The van der Waals surface area contributed by atoms with Crippen LogP contribution >= 0.6 is 0 Å². The number of hydrogen-bond donors (Lipinski definition) is 2. The van der Waals surface area contributed by atoms with Crippen molar-refractivity contribution in [2.45, 2.75) is 39.7 Å². The molecule has 0 aromatic heterocycles. The average Bonchev–Trinajstić information content (AvgIpc) is 2.43. The number of hydrogen-bond acceptors (Lipinski definition) is 3. The molecule has 2 rings (SSSR count). The van der Waals surface area contributed by atoms with Crippen molar-refractivity contribution in [2.24, 2.45) is 0 Å². The van der Waals surface area contributed by atoms with E-state index < -0.39 is 0 Å². The minimum atomic E-state index is -0.0314. The van der Waals surface area contributed by atoms with E-state index in [9.17, 15) is 4.79 Å². The number of nitrogens with one attached hydrogen (secondary N) is 2. The Morgan fingerprint density at radius 1 is 1.35 bits per heavy atom. The molecule has 1 saturated heterocycles. The third kappa shape index (κ3) is 3.97. The molecular weight excluding hydrogens is 250 g/mol. The Bertz CT molecular complexity index is 465. The van der Waals surface area contributed by atoms with E-state index in [0.717, 1.165) is 17.9 Å². The minimum absolute atomic E-state index is 0.0314. The molecule has 0 spiro atoms. The van der Waals surface area contributed by atoms with Gasteiger partial charge >= 0.3 is 0 Å². The Hall–Kier alpha value is -1.55. The molecule has 0 aliphatic carbocycles. The van der Waals surface area contributed by atoms with Gasteiger partial charge in [-0.15, -0.1) is 0 Å². The van der Waals surface area contributed by atoms with Gasteiger partial charge in [0.05, 0.1) is 0 Å². The highest BCUT2D eigenvalue weighted by molar-refractivity contribution is 5.89. The zero-order valence-electron chi connectivity index (χ0n) is 12.7. The van der Waals surface area contributed by atoms with Crippen LogP contribution in [0.2, 0.25) is 0 Å². The van der Waals surface area contributed by atoms with Crippen LogP contribution in [0.25, 0.3) is 0 Å². The molecule has 0 unspecified atom stereocenters. The fourth-order valence-electron chi connectivity index (χ4n) is 2.67. The zero-order valence-corrected chi connectivity index (χ0v) is 12.7. The molecule has 1 aliphatic rings. The van der Waals surface area contributed by atoms with E-state index in [0.29, 0.717) is 6.04 Å². The van der Waals surface area contributed by atoms with Gasteiger partial charge in [-0.2, -0.15) is 0 Å². The molecule has 0 atom stereocenters. The number of carbonyl (C=O) groups excluding carboxylic acids is 1. The topological polar surface area (TPSA) is 44.4 Å². The first-order chi connectivity index (χ1) is 9.58. The van der Waals surface area contributed by atoms with E-state index in [1.807, 2.05) is 12.1 Å². The van der Waals surface area contributed by atoms with Crippen LogP contribution in [0.15, 0.2) is 18.2 Å². The molecule has 0 saturated carbocycles. The Morgan fingerprint density at radius 2 is 2.05 bits per heavy atom. The summed E-state index contributed by atoms with van der Waals surface area (Å²) in [5.41, 5.74) is 3.21. The summed E-state index contributed by atoms with van der Waals surface area (Å²) in [4.78, 5) is 13.6. The highest BCUT2D eigenvalue weighted by Crippen LogP contribution is 2.23. The van der Waals surface area contributed by atoms with E-state index in [1.54, 1.807) is 0 Å². The van der Waals surface area contributed by atoms with E-state index in [4.69, 9.17) is 0 Å². The number of amides is 1. The van der Waals surface area contributed by atoms with Gasteiger partial charge in [0.1, 0.15) is 0 Å². The van der Waals surface area contributed by atoms with Crippen molar-refractivity contribution in [3.8, 4) is 0 Å². The lowest BCUT2D eigenvalue weighted by atomic mass is 10.0. The summed E-state index contributed by atoms with van der Waals surface area (Å²) < 4.78 is 0. The molecular formula is C16H25N3O. The van der Waals surface area contributed by atoms with E-state index in [-0.39, 0.29) is 5.91 Å². The second-order valence-corrected chi connectivity index (χ2v) is 5.56. The lowest BCUT2D eigenvalue weighted by molar-refractivity contribution is -0.114. The third-order valence-electron chi connectivity index (χ3n) is 3.95. The van der Waals surface area contributed by atoms with Crippen molar-refractivity contribution in [1.29, 1.82) is 0 Å². The van der Waals surface area contributed by atoms with Gasteiger partial charge in [-0.25, -0.2) is 0 Å². The lowest BCUT2D eigenvalue weighted by Gasteiger charge is -2.32. The maximum absolute atomic E-state index is 11.1. The molecule has 1 fully saturated rings. The maximum atomic E-state index is 11.1. The van der Waals surface area contributed by atoms with E-state index >= 15 is 0 Å². The Balaban J connectivity index is 2.00. The first kappa shape index (κ1) is 14.9. The summed E-state index contributed by atoms with van der Waals surface area (Å²) in [6, 6.07) is 6.56. The number of piperidine rings is 1. The summed E-state index contributed by atoms with van der Waals surface area (Å²) in [5.74, 6) is -0.0314. The quantitative estimate of drug-likeness (QED) is 0.888. The molecule has 20 heavy (non-hydrogen) atoms. The van der Waals surface area contributed by atoms with Crippen LogP contribution in [0.4, 0.5) is 11.4 Å². The van der Waals surface area contributed by atoms with Crippen molar-refractivity contribution in [1.82, 2.24) is 4.90 Å². The number of nitrogens with zero attached hydrogens (tertiary/aromatic N) is 1. The maximum Gasteiger partial charge on any atom is 0.221 e. The number of aryl methyl sites for hydroxylation is 1. The first-order valence-electron chi connectivity index (χ1n) is 7.45. The van der Waals surface area contributed by atoms with Crippen molar-refractivity contribution >= 4 is 17.3 Å². The van der Waals surface area contributed by atoms with Gasteiger partial charge in [0.15, 0.2) is 0 Å². The normalized spacial score (nSPS) is 16.9. The predicted molar refractivity (Wildman–Crippen MR) is 84.2 cm³/mol. The van der Waals surface area contributed by atoms with Gasteiger partial charge in [0.25, 0.3) is 0 Å². The Labute approximate surface area is 121 Å². The van der Waals surface area contributed by atoms with Gasteiger partial charge < -0.3 is 15.5 Å². The van der Waals surface area contributed by atoms with Crippen molar-refractivity contribution in [3.05, 3.63) is 23.8 Å². The predicted octanol–water partition coefficient (Wildman–Crippen LogP) is 2.85. The van der Waals surface area contributed by atoms with Crippen molar-refractivity contribution < 1.29 is 4.79 Å². The van der Waals surface area contributed by atoms with Crippen molar-refractivity contribution in [3.63, 3.8) is 0 Å². The van der Waals surface area contributed by atoms with Gasteiger partial charge in [0.2, 0.25) is 5.91 Å². The number of benzene rings is 1. The molecule has 1 aromatic carbocycles. The Morgan fingerprint density at radius 3 is 2.65 bits per heavy atom. The minimum Gasteiger partial charge on any atom is -0.382 e. The molecule has 1 aromatic rings. The van der Waals surface area contributed by atoms with Crippen LogP contribution < -0.4 is 10.6 Å². The number of likely N-dealkylation sites (tertiary alicyclic amines) is 1. The van der Waals surface area contributed by atoms with Gasteiger partial charge in [-0.05, 0) is 44.0 Å². The fraction of sp³-hybridized carbons (Fsp3) is 0.562. The van der Waals surface area contributed by atoms with Crippen LogP contribution in [0, 0.1) is 6.92 Å². The SMILES string of the molecule is CCN1CCC(Nc2cc(NC(C)=O)ccc2C)CC1. The highest BCUT2D eigenvalue weighted by Gasteiger charge is 2.18. The number of rotatable bonds is 4. The molecule has 4 heteroatoms.